The minimum absolute atomic E-state index is 0.170. The molecule has 1 unspecified atom stereocenters. The molecule has 2 aromatic rings. The largest absolute Gasteiger partial charge is 0.388 e. The maximum atomic E-state index is 5.92. The van der Waals surface area contributed by atoms with E-state index >= 15 is 0 Å². The summed E-state index contributed by atoms with van der Waals surface area (Å²) in [7, 11) is 0. The van der Waals surface area contributed by atoms with Crippen molar-refractivity contribution in [3.8, 4) is 0 Å². The molecule has 2 heterocycles. The molecule has 0 aromatic carbocycles. The van der Waals surface area contributed by atoms with Crippen molar-refractivity contribution in [3.05, 3.63) is 45.4 Å². The van der Waals surface area contributed by atoms with Gasteiger partial charge in [0.25, 0.3) is 0 Å². The number of nitrogens with zero attached hydrogens (tertiary/aromatic N) is 1. The smallest absolute Gasteiger partial charge is 0.122 e. The maximum Gasteiger partial charge on any atom is 0.122 e. The van der Waals surface area contributed by atoms with Gasteiger partial charge in [-0.05, 0) is 31.2 Å². The van der Waals surface area contributed by atoms with E-state index in [1.807, 2.05) is 24.3 Å². The Labute approximate surface area is 120 Å². The van der Waals surface area contributed by atoms with Gasteiger partial charge in [0.05, 0.1) is 16.1 Å². The average molecular weight is 298 g/mol. The lowest BCUT2D eigenvalue weighted by Crippen LogP contribution is -2.12. The molecule has 1 atom stereocenters. The van der Waals surface area contributed by atoms with Crippen molar-refractivity contribution in [1.29, 1.82) is 0 Å². The number of rotatable bonds is 4. The SMILES string of the molecule is CC(Nc1ccnc(C(N)=S)c1)c1ccc(Cl)s1. The van der Waals surface area contributed by atoms with Gasteiger partial charge < -0.3 is 11.1 Å². The molecule has 18 heavy (non-hydrogen) atoms. The van der Waals surface area contributed by atoms with E-state index in [1.54, 1.807) is 17.5 Å². The fourth-order valence-electron chi connectivity index (χ4n) is 1.54. The Morgan fingerprint density at radius 3 is 2.89 bits per heavy atom. The molecule has 0 spiro atoms. The molecule has 0 aliphatic heterocycles. The molecule has 2 aromatic heterocycles. The normalized spacial score (nSPS) is 12.1. The van der Waals surface area contributed by atoms with Crippen LogP contribution in [0.25, 0.3) is 0 Å². The summed E-state index contributed by atoms with van der Waals surface area (Å²) in [5, 5.41) is 3.36. The van der Waals surface area contributed by atoms with E-state index in [2.05, 4.69) is 17.2 Å². The van der Waals surface area contributed by atoms with Gasteiger partial charge in [-0.1, -0.05) is 23.8 Å². The van der Waals surface area contributed by atoms with E-state index in [0.717, 1.165) is 10.0 Å². The highest BCUT2D eigenvalue weighted by Crippen LogP contribution is 2.28. The summed E-state index contributed by atoms with van der Waals surface area (Å²) in [4.78, 5) is 5.57. The number of hydrogen-bond donors (Lipinski definition) is 2. The van der Waals surface area contributed by atoms with Crippen LogP contribution in [0.5, 0.6) is 0 Å². The van der Waals surface area contributed by atoms with Crippen LogP contribution in [0, 0.1) is 0 Å². The van der Waals surface area contributed by atoms with E-state index < -0.39 is 0 Å². The second-order valence-corrected chi connectivity index (χ2v) is 5.99. The van der Waals surface area contributed by atoms with Gasteiger partial charge in [-0.2, -0.15) is 0 Å². The molecule has 0 saturated carbocycles. The summed E-state index contributed by atoms with van der Waals surface area (Å²) < 4.78 is 0.789. The van der Waals surface area contributed by atoms with Crippen molar-refractivity contribution in [2.75, 3.05) is 5.32 Å². The second kappa shape index (κ2) is 5.65. The Bertz CT molecular complexity index is 568. The first-order chi connectivity index (χ1) is 8.56. The molecule has 2 rings (SSSR count). The number of nitrogens with one attached hydrogen (secondary N) is 1. The van der Waals surface area contributed by atoms with Gasteiger partial charge >= 0.3 is 0 Å². The highest BCUT2D eigenvalue weighted by atomic mass is 35.5. The molecule has 3 nitrogen and oxygen atoms in total. The first-order valence-corrected chi connectivity index (χ1v) is 6.94. The van der Waals surface area contributed by atoms with Crippen LogP contribution >= 0.6 is 35.2 Å². The zero-order valence-electron chi connectivity index (χ0n) is 9.68. The first kappa shape index (κ1) is 13.3. The lowest BCUT2D eigenvalue weighted by atomic mass is 10.2. The van der Waals surface area contributed by atoms with E-state index in [9.17, 15) is 0 Å². The standard InChI is InChI=1S/C12H12ClN3S2/c1-7(10-2-3-11(13)18-10)16-8-4-5-15-9(6-8)12(14)17/h2-7H,1H3,(H2,14,17)(H,15,16). The number of thiocarbonyl (C=S) groups is 1. The van der Waals surface area contributed by atoms with Crippen LogP contribution < -0.4 is 11.1 Å². The fraction of sp³-hybridized carbons (Fsp3) is 0.167. The molecule has 6 heteroatoms. The Morgan fingerprint density at radius 1 is 1.50 bits per heavy atom. The van der Waals surface area contributed by atoms with Crippen molar-refractivity contribution in [2.24, 2.45) is 5.73 Å². The van der Waals surface area contributed by atoms with Gasteiger partial charge in [-0.15, -0.1) is 11.3 Å². The predicted molar refractivity (Wildman–Crippen MR) is 81.5 cm³/mol. The summed E-state index contributed by atoms with van der Waals surface area (Å²) in [6.07, 6.45) is 1.69. The van der Waals surface area contributed by atoms with Gasteiger partial charge in [0, 0.05) is 16.8 Å². The first-order valence-electron chi connectivity index (χ1n) is 5.34. The van der Waals surface area contributed by atoms with Crippen molar-refractivity contribution >= 4 is 45.8 Å². The minimum atomic E-state index is 0.170. The summed E-state index contributed by atoms with van der Waals surface area (Å²) in [5.74, 6) is 0. The predicted octanol–water partition coefficient (Wildman–Crippen LogP) is 3.60. The average Bonchev–Trinajstić information content (AvgIpc) is 2.76. The number of pyridine rings is 1. The van der Waals surface area contributed by atoms with Gasteiger partial charge in [0.2, 0.25) is 0 Å². The second-order valence-electron chi connectivity index (χ2n) is 3.80. The van der Waals surface area contributed by atoms with Crippen molar-refractivity contribution in [2.45, 2.75) is 13.0 Å². The molecule has 0 fully saturated rings. The zero-order chi connectivity index (χ0) is 13.1. The number of halogens is 1. The monoisotopic (exact) mass is 297 g/mol. The van der Waals surface area contributed by atoms with Crippen molar-refractivity contribution in [1.82, 2.24) is 4.98 Å². The molecule has 0 aliphatic rings. The molecule has 0 bridgehead atoms. The Hall–Kier alpha value is -1.17. The number of thiophene rings is 1. The number of aromatic nitrogens is 1. The lowest BCUT2D eigenvalue weighted by molar-refractivity contribution is 0.907. The van der Waals surface area contributed by atoms with Crippen LogP contribution in [0.15, 0.2) is 30.5 Å². The molecule has 0 saturated heterocycles. The molecular weight excluding hydrogens is 286 g/mol. The van der Waals surface area contributed by atoms with Crippen molar-refractivity contribution in [3.63, 3.8) is 0 Å². The van der Waals surface area contributed by atoms with E-state index in [4.69, 9.17) is 29.6 Å². The summed E-state index contributed by atoms with van der Waals surface area (Å²) >= 11 is 12.4. The fourth-order valence-corrected chi connectivity index (χ4v) is 2.71. The van der Waals surface area contributed by atoms with E-state index in [-0.39, 0.29) is 6.04 Å². The van der Waals surface area contributed by atoms with Crippen LogP contribution in [0.3, 0.4) is 0 Å². The van der Waals surface area contributed by atoms with Gasteiger partial charge in [0.15, 0.2) is 0 Å². The quantitative estimate of drug-likeness (QED) is 0.847. The van der Waals surface area contributed by atoms with Crippen molar-refractivity contribution < 1.29 is 0 Å². The third kappa shape index (κ3) is 3.19. The van der Waals surface area contributed by atoms with E-state index in [0.29, 0.717) is 10.7 Å². The topological polar surface area (TPSA) is 50.9 Å². The van der Waals surface area contributed by atoms with Crippen LogP contribution in [0.1, 0.15) is 23.5 Å². The van der Waals surface area contributed by atoms with Crippen LogP contribution in [-0.4, -0.2) is 9.97 Å². The van der Waals surface area contributed by atoms with E-state index in [1.165, 1.54) is 4.88 Å². The summed E-state index contributed by atoms with van der Waals surface area (Å²) in [5.41, 5.74) is 7.11. The lowest BCUT2D eigenvalue weighted by Gasteiger charge is -2.14. The molecule has 0 amide bonds. The van der Waals surface area contributed by atoms with Gasteiger partial charge in [-0.3, -0.25) is 4.98 Å². The molecule has 3 N–H and O–H groups in total. The maximum absolute atomic E-state index is 5.92. The van der Waals surface area contributed by atoms with Gasteiger partial charge in [-0.25, -0.2) is 0 Å². The molecule has 94 valence electrons. The van der Waals surface area contributed by atoms with Crippen LogP contribution in [0.4, 0.5) is 5.69 Å². The highest BCUT2D eigenvalue weighted by Gasteiger charge is 2.09. The summed E-state index contributed by atoms with van der Waals surface area (Å²) in [6.45, 7) is 2.07. The summed E-state index contributed by atoms with van der Waals surface area (Å²) in [6, 6.07) is 7.80. The molecule has 0 radical (unpaired) electrons. The third-order valence-corrected chi connectivity index (χ3v) is 4.04. The van der Waals surface area contributed by atoms with Crippen LogP contribution in [0.2, 0.25) is 4.34 Å². The zero-order valence-corrected chi connectivity index (χ0v) is 12.1. The molecule has 0 aliphatic carbocycles. The van der Waals surface area contributed by atoms with Crippen LogP contribution in [-0.2, 0) is 0 Å². The number of anilines is 1. The third-order valence-electron chi connectivity index (χ3n) is 2.42. The number of hydrogen-bond acceptors (Lipinski definition) is 4. The Kier molecular flexibility index (Phi) is 4.16. The highest BCUT2D eigenvalue weighted by molar-refractivity contribution is 7.80. The Balaban J connectivity index is 2.14. The Morgan fingerprint density at radius 2 is 2.28 bits per heavy atom. The van der Waals surface area contributed by atoms with Gasteiger partial charge in [0.1, 0.15) is 4.99 Å². The number of nitrogens with two attached hydrogens (primary N) is 1. The minimum Gasteiger partial charge on any atom is -0.388 e. The molecular formula is C12H12ClN3S2.